The summed E-state index contributed by atoms with van der Waals surface area (Å²) < 4.78 is 0. The molecular weight excluding hydrogens is 104 g/mol. The maximum Gasteiger partial charge on any atom is 0.159 e. The average Bonchev–Trinajstić information content (AvgIpc) is 1.59. The summed E-state index contributed by atoms with van der Waals surface area (Å²) in [6, 6.07) is 0. The standard InChI is InChI=1S/C6H14O2/c1-3-4-5-6(2,7)8/h7-8H,3-5H2,1-2H3. The first-order valence-electron chi connectivity index (χ1n) is 3.01. The summed E-state index contributed by atoms with van der Waals surface area (Å²) in [5.41, 5.74) is 0. The summed E-state index contributed by atoms with van der Waals surface area (Å²) in [4.78, 5) is 0. The van der Waals surface area contributed by atoms with Gasteiger partial charge in [0, 0.05) is 6.42 Å². The minimum atomic E-state index is -1.45. The second-order valence-corrected chi connectivity index (χ2v) is 2.32. The minimum absolute atomic E-state index is 0.476. The lowest BCUT2D eigenvalue weighted by Crippen LogP contribution is -2.22. The first-order chi connectivity index (χ1) is 3.56. The highest BCUT2D eigenvalue weighted by Crippen LogP contribution is 2.07. The first-order valence-corrected chi connectivity index (χ1v) is 3.01. The van der Waals surface area contributed by atoms with Crippen molar-refractivity contribution in [1.82, 2.24) is 0 Å². The van der Waals surface area contributed by atoms with Gasteiger partial charge in [-0.2, -0.15) is 0 Å². The molecule has 2 heteroatoms. The van der Waals surface area contributed by atoms with Crippen molar-refractivity contribution in [1.29, 1.82) is 0 Å². The molecule has 0 aliphatic heterocycles. The molecule has 0 amide bonds. The molecule has 0 spiro atoms. The number of rotatable bonds is 3. The van der Waals surface area contributed by atoms with Crippen LogP contribution in [0, 0.1) is 0 Å². The van der Waals surface area contributed by atoms with Crippen molar-refractivity contribution in [2.75, 3.05) is 0 Å². The molecule has 2 nitrogen and oxygen atoms in total. The number of unbranched alkanes of at least 4 members (excludes halogenated alkanes) is 1. The van der Waals surface area contributed by atoms with Crippen LogP contribution in [0.1, 0.15) is 33.1 Å². The van der Waals surface area contributed by atoms with Gasteiger partial charge in [0.1, 0.15) is 0 Å². The van der Waals surface area contributed by atoms with Gasteiger partial charge in [-0.3, -0.25) is 0 Å². The maximum atomic E-state index is 8.70. The Kier molecular flexibility index (Phi) is 3.02. The van der Waals surface area contributed by atoms with Crippen LogP contribution in [0.4, 0.5) is 0 Å². The van der Waals surface area contributed by atoms with Crippen LogP contribution in [0.15, 0.2) is 0 Å². The monoisotopic (exact) mass is 118 g/mol. The van der Waals surface area contributed by atoms with E-state index in [0.29, 0.717) is 6.42 Å². The molecule has 50 valence electrons. The van der Waals surface area contributed by atoms with E-state index in [9.17, 15) is 0 Å². The smallest absolute Gasteiger partial charge is 0.159 e. The molecule has 2 N–H and O–H groups in total. The maximum absolute atomic E-state index is 8.70. The minimum Gasteiger partial charge on any atom is -0.366 e. The Morgan fingerprint density at radius 3 is 2.00 bits per heavy atom. The van der Waals surface area contributed by atoms with Crippen LogP contribution in [-0.4, -0.2) is 16.0 Å². The van der Waals surface area contributed by atoms with Crippen LogP contribution in [0.3, 0.4) is 0 Å². The fraction of sp³-hybridized carbons (Fsp3) is 1.00. The average molecular weight is 118 g/mol. The van der Waals surface area contributed by atoms with Crippen molar-refractivity contribution in [2.24, 2.45) is 0 Å². The van der Waals surface area contributed by atoms with Crippen LogP contribution in [-0.2, 0) is 0 Å². The van der Waals surface area contributed by atoms with Crippen molar-refractivity contribution >= 4 is 0 Å². The molecule has 0 heterocycles. The van der Waals surface area contributed by atoms with Crippen LogP contribution in [0.5, 0.6) is 0 Å². The third kappa shape index (κ3) is 5.92. The van der Waals surface area contributed by atoms with E-state index in [-0.39, 0.29) is 0 Å². The van der Waals surface area contributed by atoms with Gasteiger partial charge in [0.05, 0.1) is 0 Å². The molecule has 0 aromatic rings. The van der Waals surface area contributed by atoms with Gasteiger partial charge >= 0.3 is 0 Å². The molecule has 0 aliphatic rings. The van der Waals surface area contributed by atoms with E-state index in [1.807, 2.05) is 6.92 Å². The molecule has 0 atom stereocenters. The largest absolute Gasteiger partial charge is 0.366 e. The Balaban J connectivity index is 3.11. The molecule has 0 saturated heterocycles. The van der Waals surface area contributed by atoms with E-state index in [1.54, 1.807) is 0 Å². The van der Waals surface area contributed by atoms with E-state index in [2.05, 4.69) is 0 Å². The Morgan fingerprint density at radius 2 is 1.88 bits per heavy atom. The highest BCUT2D eigenvalue weighted by molar-refractivity contribution is 4.53. The van der Waals surface area contributed by atoms with E-state index >= 15 is 0 Å². The molecule has 0 aromatic carbocycles. The molecule has 0 rings (SSSR count). The molecule has 8 heavy (non-hydrogen) atoms. The van der Waals surface area contributed by atoms with Gasteiger partial charge in [0.15, 0.2) is 5.79 Å². The van der Waals surface area contributed by atoms with Gasteiger partial charge in [-0.1, -0.05) is 13.3 Å². The predicted octanol–water partition coefficient (Wildman–Crippen LogP) is 0.877. The van der Waals surface area contributed by atoms with E-state index in [4.69, 9.17) is 10.2 Å². The summed E-state index contributed by atoms with van der Waals surface area (Å²) in [6.07, 6.45) is 2.36. The van der Waals surface area contributed by atoms with Crippen LogP contribution in [0.2, 0.25) is 0 Å². The summed E-state index contributed by atoms with van der Waals surface area (Å²) in [6.45, 7) is 3.42. The van der Waals surface area contributed by atoms with Gasteiger partial charge in [0.25, 0.3) is 0 Å². The third-order valence-corrected chi connectivity index (χ3v) is 1.00. The lowest BCUT2D eigenvalue weighted by Gasteiger charge is -2.13. The topological polar surface area (TPSA) is 40.5 Å². The second kappa shape index (κ2) is 3.05. The first kappa shape index (κ1) is 7.92. The van der Waals surface area contributed by atoms with E-state index in [1.165, 1.54) is 6.92 Å². The van der Waals surface area contributed by atoms with Crippen molar-refractivity contribution in [3.63, 3.8) is 0 Å². The lowest BCUT2D eigenvalue weighted by atomic mass is 10.1. The lowest BCUT2D eigenvalue weighted by molar-refractivity contribution is -0.150. The summed E-state index contributed by atoms with van der Waals surface area (Å²) >= 11 is 0. The molecule has 0 unspecified atom stereocenters. The number of aliphatic hydroxyl groups is 2. The second-order valence-electron chi connectivity index (χ2n) is 2.32. The quantitative estimate of drug-likeness (QED) is 0.540. The fourth-order valence-corrected chi connectivity index (χ4v) is 0.512. The molecule has 0 bridgehead atoms. The zero-order valence-electron chi connectivity index (χ0n) is 5.52. The highest BCUT2D eigenvalue weighted by atomic mass is 16.5. The Morgan fingerprint density at radius 1 is 1.38 bits per heavy atom. The van der Waals surface area contributed by atoms with Crippen LogP contribution >= 0.6 is 0 Å². The Labute approximate surface area is 50.2 Å². The highest BCUT2D eigenvalue weighted by Gasteiger charge is 2.12. The molecule has 0 fully saturated rings. The van der Waals surface area contributed by atoms with Gasteiger partial charge in [-0.05, 0) is 13.3 Å². The van der Waals surface area contributed by atoms with E-state index < -0.39 is 5.79 Å². The zero-order chi connectivity index (χ0) is 6.62. The number of hydrogen-bond acceptors (Lipinski definition) is 2. The molecule has 0 saturated carbocycles. The van der Waals surface area contributed by atoms with Crippen molar-refractivity contribution in [2.45, 2.75) is 38.9 Å². The normalized spacial score (nSPS) is 12.0. The predicted molar refractivity (Wildman–Crippen MR) is 32.4 cm³/mol. The summed E-state index contributed by atoms with van der Waals surface area (Å²) in [5, 5.41) is 17.4. The Bertz CT molecular complexity index is 54.0. The fourth-order valence-electron chi connectivity index (χ4n) is 0.512. The molecule has 0 aromatic heterocycles. The van der Waals surface area contributed by atoms with Crippen LogP contribution < -0.4 is 0 Å². The van der Waals surface area contributed by atoms with E-state index in [0.717, 1.165) is 12.8 Å². The van der Waals surface area contributed by atoms with Gasteiger partial charge < -0.3 is 10.2 Å². The van der Waals surface area contributed by atoms with Crippen molar-refractivity contribution < 1.29 is 10.2 Å². The van der Waals surface area contributed by atoms with Crippen LogP contribution in [0.25, 0.3) is 0 Å². The Hall–Kier alpha value is -0.0800. The summed E-state index contributed by atoms with van der Waals surface area (Å²) in [5.74, 6) is -1.45. The van der Waals surface area contributed by atoms with Gasteiger partial charge in [-0.25, -0.2) is 0 Å². The molecule has 0 radical (unpaired) electrons. The van der Waals surface area contributed by atoms with Crippen molar-refractivity contribution in [3.05, 3.63) is 0 Å². The third-order valence-electron chi connectivity index (χ3n) is 1.00. The molecule has 0 aliphatic carbocycles. The van der Waals surface area contributed by atoms with Crippen molar-refractivity contribution in [3.8, 4) is 0 Å². The summed E-state index contributed by atoms with van der Waals surface area (Å²) in [7, 11) is 0. The number of hydrogen-bond donors (Lipinski definition) is 2. The SMILES string of the molecule is CCCCC(C)(O)O. The zero-order valence-corrected chi connectivity index (χ0v) is 5.52. The van der Waals surface area contributed by atoms with Gasteiger partial charge in [-0.15, -0.1) is 0 Å². The molecular formula is C6H14O2. The van der Waals surface area contributed by atoms with Gasteiger partial charge in [0.2, 0.25) is 0 Å².